The first kappa shape index (κ1) is 22.8. The van der Waals surface area contributed by atoms with Crippen LogP contribution in [0.2, 0.25) is 0 Å². The topological polar surface area (TPSA) is 123 Å². The van der Waals surface area contributed by atoms with E-state index in [0.717, 1.165) is 25.3 Å². The standard InChI is InChI=1S/C20H22N4O5S/c1-2-3-4-12-29-17-10-8-14(9-11-17)18(25)21-20(30)23-22-19(26)15-6-5-7-16(13-15)24(27)28/h5-11,13H,2-4,12H2,1H3,(H,22,26)(H2,21,23,25,30). The number of benzene rings is 2. The summed E-state index contributed by atoms with van der Waals surface area (Å²) in [6.07, 6.45) is 3.19. The van der Waals surface area contributed by atoms with Gasteiger partial charge in [0.2, 0.25) is 0 Å². The molecular weight excluding hydrogens is 408 g/mol. The largest absolute Gasteiger partial charge is 0.494 e. The van der Waals surface area contributed by atoms with Crippen molar-refractivity contribution in [3.63, 3.8) is 0 Å². The highest BCUT2D eigenvalue weighted by molar-refractivity contribution is 7.80. The molecule has 158 valence electrons. The number of nitro groups is 1. The maximum Gasteiger partial charge on any atom is 0.270 e. The van der Waals surface area contributed by atoms with E-state index in [2.05, 4.69) is 23.1 Å². The van der Waals surface area contributed by atoms with E-state index in [9.17, 15) is 19.7 Å². The van der Waals surface area contributed by atoms with E-state index in [-0.39, 0.29) is 16.4 Å². The minimum atomic E-state index is -0.639. The molecular formula is C20H22N4O5S. The van der Waals surface area contributed by atoms with Crippen LogP contribution in [0, 0.1) is 10.1 Å². The summed E-state index contributed by atoms with van der Waals surface area (Å²) in [5, 5.41) is 13.1. The summed E-state index contributed by atoms with van der Waals surface area (Å²) in [5.41, 5.74) is 4.89. The van der Waals surface area contributed by atoms with Crippen molar-refractivity contribution in [3.05, 3.63) is 69.8 Å². The molecule has 0 atom stereocenters. The molecule has 0 aliphatic carbocycles. The second-order valence-electron chi connectivity index (χ2n) is 6.25. The highest BCUT2D eigenvalue weighted by Crippen LogP contribution is 2.14. The van der Waals surface area contributed by atoms with Crippen LogP contribution < -0.4 is 20.9 Å². The minimum absolute atomic E-state index is 0.0698. The molecule has 0 bridgehead atoms. The molecule has 2 aromatic carbocycles. The first-order valence-electron chi connectivity index (χ1n) is 9.29. The van der Waals surface area contributed by atoms with Crippen molar-refractivity contribution in [1.82, 2.24) is 16.2 Å². The fraction of sp³-hybridized carbons (Fsp3) is 0.250. The Morgan fingerprint density at radius 2 is 1.77 bits per heavy atom. The van der Waals surface area contributed by atoms with Crippen molar-refractivity contribution in [3.8, 4) is 5.75 Å². The molecule has 0 aliphatic heterocycles. The molecule has 0 radical (unpaired) electrons. The molecule has 2 aromatic rings. The van der Waals surface area contributed by atoms with E-state index in [0.29, 0.717) is 17.9 Å². The zero-order chi connectivity index (χ0) is 21.9. The SMILES string of the molecule is CCCCCOc1ccc(C(=O)NC(=S)NNC(=O)c2cccc([N+](=O)[O-])c2)cc1. The van der Waals surface area contributed by atoms with Crippen LogP contribution in [0.5, 0.6) is 5.75 Å². The third-order valence-corrected chi connectivity index (χ3v) is 4.17. The Balaban J connectivity index is 1.81. The molecule has 2 amide bonds. The van der Waals surface area contributed by atoms with Gasteiger partial charge in [0.1, 0.15) is 5.75 Å². The van der Waals surface area contributed by atoms with Crippen molar-refractivity contribution in [2.75, 3.05) is 6.61 Å². The van der Waals surface area contributed by atoms with E-state index >= 15 is 0 Å². The van der Waals surface area contributed by atoms with Crippen molar-refractivity contribution in [2.45, 2.75) is 26.2 Å². The maximum atomic E-state index is 12.2. The number of hydrogen-bond acceptors (Lipinski definition) is 6. The Hall–Kier alpha value is -3.53. The van der Waals surface area contributed by atoms with Crippen LogP contribution in [0.25, 0.3) is 0 Å². The zero-order valence-electron chi connectivity index (χ0n) is 16.3. The number of nitrogens with zero attached hydrogens (tertiary/aromatic N) is 1. The van der Waals surface area contributed by atoms with Crippen LogP contribution in [-0.4, -0.2) is 28.5 Å². The third-order valence-electron chi connectivity index (χ3n) is 3.97. The summed E-state index contributed by atoms with van der Waals surface area (Å²) in [6.45, 7) is 2.74. The van der Waals surface area contributed by atoms with Crippen LogP contribution >= 0.6 is 12.2 Å². The van der Waals surface area contributed by atoms with Gasteiger partial charge in [0.15, 0.2) is 5.11 Å². The average molecular weight is 430 g/mol. The van der Waals surface area contributed by atoms with Gasteiger partial charge >= 0.3 is 0 Å². The number of non-ortho nitro benzene ring substituents is 1. The summed E-state index contributed by atoms with van der Waals surface area (Å²) in [5.74, 6) is -0.429. The first-order chi connectivity index (χ1) is 14.4. The molecule has 0 aromatic heterocycles. The molecule has 0 saturated carbocycles. The predicted molar refractivity (Wildman–Crippen MR) is 115 cm³/mol. The summed E-state index contributed by atoms with van der Waals surface area (Å²) in [7, 11) is 0. The highest BCUT2D eigenvalue weighted by Gasteiger charge is 2.13. The molecule has 0 heterocycles. The van der Waals surface area contributed by atoms with Crippen LogP contribution in [0.3, 0.4) is 0 Å². The number of nitro benzene ring substituents is 1. The average Bonchev–Trinajstić information content (AvgIpc) is 2.75. The van der Waals surface area contributed by atoms with Gasteiger partial charge in [0, 0.05) is 23.3 Å². The number of thiocarbonyl (C=S) groups is 1. The fourth-order valence-corrected chi connectivity index (χ4v) is 2.54. The molecule has 0 unspecified atom stereocenters. The molecule has 2 rings (SSSR count). The third kappa shape index (κ3) is 7.13. The number of amides is 2. The molecule has 10 heteroatoms. The molecule has 0 saturated heterocycles. The summed E-state index contributed by atoms with van der Waals surface area (Å²) in [4.78, 5) is 34.5. The second kappa shape index (κ2) is 11.5. The number of nitrogens with one attached hydrogen (secondary N) is 3. The van der Waals surface area contributed by atoms with E-state index in [1.54, 1.807) is 24.3 Å². The summed E-state index contributed by atoms with van der Waals surface area (Å²) >= 11 is 4.98. The van der Waals surface area contributed by atoms with Crippen molar-refractivity contribution in [1.29, 1.82) is 0 Å². The number of ether oxygens (including phenoxy) is 1. The Morgan fingerprint density at radius 3 is 2.43 bits per heavy atom. The second-order valence-corrected chi connectivity index (χ2v) is 6.66. The van der Waals surface area contributed by atoms with Gasteiger partial charge in [-0.25, -0.2) is 0 Å². The lowest BCUT2D eigenvalue weighted by Crippen LogP contribution is -2.48. The lowest BCUT2D eigenvalue weighted by atomic mass is 10.2. The number of unbranched alkanes of at least 4 members (excludes halogenated alkanes) is 2. The van der Waals surface area contributed by atoms with Gasteiger partial charge in [-0.3, -0.25) is 35.9 Å². The van der Waals surface area contributed by atoms with Gasteiger partial charge in [0.05, 0.1) is 11.5 Å². The van der Waals surface area contributed by atoms with E-state index < -0.39 is 16.7 Å². The van der Waals surface area contributed by atoms with Gasteiger partial charge in [-0.1, -0.05) is 25.8 Å². The van der Waals surface area contributed by atoms with Gasteiger partial charge in [-0.15, -0.1) is 0 Å². The van der Waals surface area contributed by atoms with E-state index in [4.69, 9.17) is 17.0 Å². The first-order valence-corrected chi connectivity index (χ1v) is 9.70. The molecule has 0 fully saturated rings. The number of hydrogen-bond donors (Lipinski definition) is 3. The Kier molecular flexibility index (Phi) is 8.70. The maximum absolute atomic E-state index is 12.2. The van der Waals surface area contributed by atoms with Crippen molar-refractivity contribution in [2.24, 2.45) is 0 Å². The smallest absolute Gasteiger partial charge is 0.270 e. The van der Waals surface area contributed by atoms with Gasteiger partial charge in [0.25, 0.3) is 17.5 Å². The molecule has 0 aliphatic rings. The summed E-state index contributed by atoms with van der Waals surface area (Å²) < 4.78 is 5.59. The van der Waals surface area contributed by atoms with Crippen LogP contribution in [0.1, 0.15) is 46.9 Å². The lowest BCUT2D eigenvalue weighted by molar-refractivity contribution is -0.384. The van der Waals surface area contributed by atoms with Crippen molar-refractivity contribution < 1.29 is 19.2 Å². The molecule has 0 spiro atoms. The molecule has 3 N–H and O–H groups in total. The number of hydrazine groups is 1. The Labute approximate surface area is 178 Å². The fourth-order valence-electron chi connectivity index (χ4n) is 2.40. The van der Waals surface area contributed by atoms with Crippen LogP contribution in [-0.2, 0) is 0 Å². The van der Waals surface area contributed by atoms with E-state index in [1.165, 1.54) is 18.2 Å². The Bertz CT molecular complexity index is 918. The zero-order valence-corrected chi connectivity index (χ0v) is 17.2. The van der Waals surface area contributed by atoms with Gasteiger partial charge < -0.3 is 4.74 Å². The number of rotatable bonds is 8. The minimum Gasteiger partial charge on any atom is -0.494 e. The van der Waals surface area contributed by atoms with Crippen LogP contribution in [0.4, 0.5) is 5.69 Å². The molecule has 9 nitrogen and oxygen atoms in total. The Morgan fingerprint density at radius 1 is 1.03 bits per heavy atom. The predicted octanol–water partition coefficient (Wildman–Crippen LogP) is 3.11. The van der Waals surface area contributed by atoms with Crippen LogP contribution in [0.15, 0.2) is 48.5 Å². The number of carbonyl (C=O) groups excluding carboxylic acids is 2. The summed E-state index contributed by atoms with van der Waals surface area (Å²) in [6, 6.07) is 11.8. The highest BCUT2D eigenvalue weighted by atomic mass is 32.1. The normalized spacial score (nSPS) is 10.0. The van der Waals surface area contributed by atoms with E-state index in [1.807, 2.05) is 0 Å². The quantitative estimate of drug-likeness (QED) is 0.254. The van der Waals surface area contributed by atoms with Gasteiger partial charge in [-0.05, 0) is 49.0 Å². The van der Waals surface area contributed by atoms with Gasteiger partial charge in [-0.2, -0.15) is 0 Å². The number of carbonyl (C=O) groups is 2. The molecule has 30 heavy (non-hydrogen) atoms. The van der Waals surface area contributed by atoms with Crippen molar-refractivity contribution >= 4 is 34.8 Å². The lowest BCUT2D eigenvalue weighted by Gasteiger charge is -2.11. The monoisotopic (exact) mass is 430 g/mol.